The summed E-state index contributed by atoms with van der Waals surface area (Å²) in [6.07, 6.45) is 1.53. The second kappa shape index (κ2) is 4.38. The zero-order valence-corrected chi connectivity index (χ0v) is 9.59. The number of halogens is 1. The Balaban J connectivity index is 2.00. The summed E-state index contributed by atoms with van der Waals surface area (Å²) in [5.41, 5.74) is 1.25. The number of hydrogen-bond acceptors (Lipinski definition) is 4. The quantitative estimate of drug-likeness (QED) is 0.762. The van der Waals surface area contributed by atoms with E-state index in [9.17, 15) is 4.39 Å². The van der Waals surface area contributed by atoms with Crippen LogP contribution in [0.4, 0.5) is 4.39 Å². The van der Waals surface area contributed by atoms with E-state index in [0.717, 1.165) is 0 Å². The number of nitriles is 1. The number of aromatic nitrogens is 3. The summed E-state index contributed by atoms with van der Waals surface area (Å²) in [7, 11) is 0. The van der Waals surface area contributed by atoms with E-state index in [2.05, 4.69) is 15.1 Å². The minimum absolute atomic E-state index is 0.168. The first kappa shape index (κ1) is 11.2. The van der Waals surface area contributed by atoms with Crippen LogP contribution in [0.2, 0.25) is 0 Å². The molecule has 19 heavy (non-hydrogen) atoms. The monoisotopic (exact) mass is 254 g/mol. The third-order valence-electron chi connectivity index (χ3n) is 2.58. The molecule has 92 valence electrons. The molecule has 0 unspecified atom stereocenters. The van der Waals surface area contributed by atoms with Crippen LogP contribution in [-0.4, -0.2) is 15.1 Å². The predicted octanol–water partition coefficient (Wildman–Crippen LogP) is 2.74. The highest BCUT2D eigenvalue weighted by molar-refractivity contribution is 5.59. The highest BCUT2D eigenvalue weighted by Crippen LogP contribution is 2.23. The summed E-state index contributed by atoms with van der Waals surface area (Å²) in [4.78, 5) is 6.94. The molecule has 2 heterocycles. The molecule has 0 bridgehead atoms. The summed E-state index contributed by atoms with van der Waals surface area (Å²) in [6, 6.07) is 9.74. The largest absolute Gasteiger partial charge is 0.356 e. The van der Waals surface area contributed by atoms with Gasteiger partial charge in [-0.05, 0) is 18.2 Å². The van der Waals surface area contributed by atoms with Crippen LogP contribution in [0.5, 0.6) is 0 Å². The topological polar surface area (TPSA) is 78.5 Å². The van der Waals surface area contributed by atoms with Crippen LogP contribution in [-0.2, 0) is 0 Å². The van der Waals surface area contributed by atoms with Gasteiger partial charge in [0.15, 0.2) is 0 Å². The van der Waals surface area contributed by atoms with Crippen LogP contribution in [0.3, 0.4) is 0 Å². The molecule has 0 radical (unpaired) electrons. The van der Waals surface area contributed by atoms with Crippen LogP contribution < -0.4 is 0 Å². The van der Waals surface area contributed by atoms with E-state index in [0.29, 0.717) is 11.3 Å². The van der Waals surface area contributed by atoms with Crippen LogP contribution >= 0.6 is 0 Å². The zero-order chi connectivity index (χ0) is 13.2. The van der Waals surface area contributed by atoms with Crippen molar-refractivity contribution in [2.45, 2.75) is 0 Å². The van der Waals surface area contributed by atoms with Crippen LogP contribution in [0.15, 0.2) is 41.1 Å². The van der Waals surface area contributed by atoms with E-state index in [1.165, 1.54) is 12.3 Å². The van der Waals surface area contributed by atoms with Crippen molar-refractivity contribution in [2.75, 3.05) is 0 Å². The van der Waals surface area contributed by atoms with Gasteiger partial charge in [-0.15, -0.1) is 0 Å². The second-order valence-corrected chi connectivity index (χ2v) is 3.82. The average molecular weight is 254 g/mol. The number of benzene rings is 1. The Kier molecular flexibility index (Phi) is 2.58. The maximum atomic E-state index is 13.6. The minimum atomic E-state index is -0.418. The van der Waals surface area contributed by atoms with Gasteiger partial charge in [0.1, 0.15) is 17.6 Å². The van der Waals surface area contributed by atoms with Gasteiger partial charge in [-0.25, -0.2) is 4.39 Å². The van der Waals surface area contributed by atoms with Gasteiger partial charge in [-0.2, -0.15) is 10.2 Å². The number of nitrogens with zero attached hydrogens (tertiary/aromatic N) is 3. The lowest BCUT2D eigenvalue weighted by Gasteiger charge is -1.94. The highest BCUT2D eigenvalue weighted by Gasteiger charge is 2.14. The lowest BCUT2D eigenvalue weighted by Crippen LogP contribution is -1.85. The first-order chi connectivity index (χ1) is 9.28. The van der Waals surface area contributed by atoms with Gasteiger partial charge >= 0.3 is 0 Å². The van der Waals surface area contributed by atoms with E-state index < -0.39 is 5.82 Å². The molecule has 1 aromatic carbocycles. The van der Waals surface area contributed by atoms with E-state index in [1.807, 2.05) is 6.07 Å². The maximum Gasteiger partial charge on any atom is 0.274 e. The molecule has 0 aliphatic rings. The third kappa shape index (κ3) is 1.98. The Morgan fingerprint density at radius 2 is 2.16 bits per heavy atom. The van der Waals surface area contributed by atoms with Gasteiger partial charge < -0.3 is 9.51 Å². The number of rotatable bonds is 2. The summed E-state index contributed by atoms with van der Waals surface area (Å²) >= 11 is 0. The van der Waals surface area contributed by atoms with E-state index in [-0.39, 0.29) is 17.3 Å². The first-order valence-electron chi connectivity index (χ1n) is 5.45. The fourth-order valence-corrected chi connectivity index (χ4v) is 1.67. The molecule has 2 aromatic heterocycles. The molecule has 0 spiro atoms. The van der Waals surface area contributed by atoms with E-state index in [1.54, 1.807) is 24.3 Å². The molecule has 3 rings (SSSR count). The van der Waals surface area contributed by atoms with Crippen molar-refractivity contribution in [3.8, 4) is 29.0 Å². The molecule has 0 aliphatic heterocycles. The molecule has 0 aliphatic carbocycles. The molecule has 0 saturated carbocycles. The van der Waals surface area contributed by atoms with Crippen molar-refractivity contribution in [1.29, 1.82) is 5.26 Å². The third-order valence-corrected chi connectivity index (χ3v) is 2.58. The van der Waals surface area contributed by atoms with Crippen molar-refractivity contribution in [1.82, 2.24) is 15.1 Å². The zero-order valence-electron chi connectivity index (χ0n) is 9.59. The first-order valence-corrected chi connectivity index (χ1v) is 5.45. The highest BCUT2D eigenvalue weighted by atomic mass is 19.1. The Labute approximate surface area is 107 Å². The molecule has 0 fully saturated rings. The standard InChI is InChI=1S/C13H7FN4O/c14-10-4-2-1-3-9(10)12-17-13(19-18-12)11-5-8(6-15)7-16-11/h1-5,7,16H. The van der Waals surface area contributed by atoms with Crippen molar-refractivity contribution >= 4 is 0 Å². The summed E-state index contributed by atoms with van der Waals surface area (Å²) in [6.45, 7) is 0. The Bertz CT molecular complexity index is 769. The van der Waals surface area contributed by atoms with Crippen molar-refractivity contribution in [3.05, 3.63) is 47.9 Å². The normalized spacial score (nSPS) is 10.3. The molecule has 0 atom stereocenters. The predicted molar refractivity (Wildman–Crippen MR) is 64.2 cm³/mol. The molecule has 0 saturated heterocycles. The van der Waals surface area contributed by atoms with Gasteiger partial charge in [0.25, 0.3) is 5.89 Å². The molecule has 1 N–H and O–H groups in total. The SMILES string of the molecule is N#Cc1c[nH]c(-c2nc(-c3ccccc3F)no2)c1. The summed E-state index contributed by atoms with van der Waals surface area (Å²) in [5.74, 6) is -0.0417. The molecular weight excluding hydrogens is 247 g/mol. The summed E-state index contributed by atoms with van der Waals surface area (Å²) in [5, 5.41) is 12.5. The van der Waals surface area contributed by atoms with Crippen molar-refractivity contribution in [3.63, 3.8) is 0 Å². The number of H-pyrrole nitrogens is 1. The lowest BCUT2D eigenvalue weighted by atomic mass is 10.2. The molecule has 6 heteroatoms. The fraction of sp³-hybridized carbons (Fsp3) is 0. The van der Waals surface area contributed by atoms with Crippen LogP contribution in [0, 0.1) is 17.1 Å². The fourth-order valence-electron chi connectivity index (χ4n) is 1.67. The average Bonchev–Trinajstić information content (AvgIpc) is 3.08. The van der Waals surface area contributed by atoms with Crippen LogP contribution in [0.1, 0.15) is 5.56 Å². The smallest absolute Gasteiger partial charge is 0.274 e. The molecule has 5 nitrogen and oxygen atoms in total. The van der Waals surface area contributed by atoms with Gasteiger partial charge in [0.2, 0.25) is 5.82 Å². The Hall–Kier alpha value is -2.94. The van der Waals surface area contributed by atoms with Crippen molar-refractivity contribution < 1.29 is 8.91 Å². The lowest BCUT2D eigenvalue weighted by molar-refractivity contribution is 0.430. The second-order valence-electron chi connectivity index (χ2n) is 3.82. The summed E-state index contributed by atoms with van der Waals surface area (Å²) < 4.78 is 18.6. The Morgan fingerprint density at radius 3 is 2.89 bits per heavy atom. The Morgan fingerprint density at radius 1 is 1.32 bits per heavy atom. The van der Waals surface area contributed by atoms with Crippen LogP contribution in [0.25, 0.3) is 23.0 Å². The number of aromatic amines is 1. The van der Waals surface area contributed by atoms with Gasteiger partial charge in [0.05, 0.1) is 11.1 Å². The van der Waals surface area contributed by atoms with Crippen molar-refractivity contribution in [2.24, 2.45) is 0 Å². The van der Waals surface area contributed by atoms with E-state index >= 15 is 0 Å². The number of nitrogens with one attached hydrogen (secondary N) is 1. The maximum absolute atomic E-state index is 13.6. The van der Waals surface area contributed by atoms with E-state index in [4.69, 9.17) is 9.78 Å². The molecule has 3 aromatic rings. The molecular formula is C13H7FN4O. The molecule has 0 amide bonds. The van der Waals surface area contributed by atoms with Gasteiger partial charge in [-0.3, -0.25) is 0 Å². The minimum Gasteiger partial charge on any atom is -0.356 e. The van der Waals surface area contributed by atoms with Gasteiger partial charge in [-0.1, -0.05) is 17.3 Å². The van der Waals surface area contributed by atoms with Gasteiger partial charge in [0, 0.05) is 6.20 Å². The number of hydrogen-bond donors (Lipinski definition) is 1.